The molecular weight excluding hydrogens is 338 g/mol. The van der Waals surface area contributed by atoms with Crippen LogP contribution in [-0.4, -0.2) is 26.1 Å². The van der Waals surface area contributed by atoms with Crippen molar-refractivity contribution in [1.29, 1.82) is 0 Å². The van der Waals surface area contributed by atoms with Gasteiger partial charge in [-0.1, -0.05) is 19.4 Å². The van der Waals surface area contributed by atoms with Crippen molar-refractivity contribution >= 4 is 11.3 Å². The molecule has 0 atom stereocenters. The molecule has 0 aliphatic heterocycles. The van der Waals surface area contributed by atoms with Crippen LogP contribution in [0.5, 0.6) is 0 Å². The molecule has 0 spiro atoms. The van der Waals surface area contributed by atoms with Gasteiger partial charge in [0.05, 0.1) is 16.8 Å². The van der Waals surface area contributed by atoms with Crippen LogP contribution in [0.2, 0.25) is 0 Å². The van der Waals surface area contributed by atoms with Gasteiger partial charge >= 0.3 is 0 Å². The lowest BCUT2D eigenvalue weighted by Gasteiger charge is -2.25. The summed E-state index contributed by atoms with van der Waals surface area (Å²) in [5, 5.41) is 13.4. The molecule has 144 valence electrons. The number of rotatable bonds is 5. The molecule has 1 N–H and O–H groups in total. The zero-order valence-electron chi connectivity index (χ0n) is 15.9. The van der Waals surface area contributed by atoms with E-state index in [0.29, 0.717) is 12.3 Å². The van der Waals surface area contributed by atoms with Crippen LogP contribution in [0.25, 0.3) is 5.52 Å². The number of fused-ring (bicyclic) bond motifs is 1. The number of hydrogen-bond donors (Lipinski definition) is 1. The molecule has 4 nitrogen and oxygen atoms in total. The second kappa shape index (κ2) is 8.25. The first-order valence-corrected chi connectivity index (χ1v) is 9.14. The first-order valence-electron chi connectivity index (χ1n) is 9.14. The molecule has 0 aromatic carbocycles. The van der Waals surface area contributed by atoms with E-state index in [-0.39, 0.29) is 17.9 Å². The van der Waals surface area contributed by atoms with Crippen LogP contribution in [0.4, 0.5) is 8.78 Å². The summed E-state index contributed by atoms with van der Waals surface area (Å²) < 4.78 is 27.2. The first-order chi connectivity index (χ1) is 12.1. The van der Waals surface area contributed by atoms with Crippen LogP contribution < -0.4 is 0 Å². The minimum absolute atomic E-state index is 0.0174. The molecule has 0 radical (unpaired) electrons. The van der Waals surface area contributed by atoms with Crippen LogP contribution in [-0.2, 0) is 4.79 Å². The normalized spacial score (nSPS) is 14.9. The SMILES string of the molecule is CCC(=O)CC(C)(C)O.Cc1nn2c(C(F)F)cccc2c1C1CCC1. The number of aliphatic hydroxyl groups is 1. The number of ketones is 1. The Hall–Kier alpha value is -1.82. The largest absolute Gasteiger partial charge is 0.390 e. The zero-order valence-corrected chi connectivity index (χ0v) is 15.9. The maximum absolute atomic E-state index is 12.9. The predicted molar refractivity (Wildman–Crippen MR) is 97.7 cm³/mol. The van der Waals surface area contributed by atoms with Crippen LogP contribution in [0.1, 0.15) is 82.2 Å². The van der Waals surface area contributed by atoms with Crippen molar-refractivity contribution < 1.29 is 18.7 Å². The maximum Gasteiger partial charge on any atom is 0.280 e. The number of alkyl halides is 2. The van der Waals surface area contributed by atoms with Gasteiger partial charge in [0.1, 0.15) is 11.5 Å². The van der Waals surface area contributed by atoms with Gasteiger partial charge in [-0.25, -0.2) is 13.3 Å². The Morgan fingerprint density at radius 3 is 2.46 bits per heavy atom. The van der Waals surface area contributed by atoms with Gasteiger partial charge in [0.15, 0.2) is 0 Å². The van der Waals surface area contributed by atoms with Gasteiger partial charge in [-0.15, -0.1) is 0 Å². The Kier molecular flexibility index (Phi) is 6.50. The molecule has 1 saturated carbocycles. The molecule has 26 heavy (non-hydrogen) atoms. The number of carbonyl (C=O) groups excluding carboxylic acids is 1. The van der Waals surface area contributed by atoms with E-state index in [4.69, 9.17) is 5.11 Å². The summed E-state index contributed by atoms with van der Waals surface area (Å²) >= 11 is 0. The zero-order chi connectivity index (χ0) is 19.5. The average molecular weight is 366 g/mol. The van der Waals surface area contributed by atoms with Crippen LogP contribution in [0.3, 0.4) is 0 Å². The maximum atomic E-state index is 12.9. The highest BCUT2D eigenvalue weighted by Gasteiger charge is 2.26. The van der Waals surface area contributed by atoms with Crippen LogP contribution in [0, 0.1) is 6.92 Å². The number of aromatic nitrogens is 2. The summed E-state index contributed by atoms with van der Waals surface area (Å²) in [6.45, 7) is 6.99. The molecule has 0 saturated heterocycles. The molecule has 0 amide bonds. The lowest BCUT2D eigenvalue weighted by atomic mass is 9.79. The van der Waals surface area contributed by atoms with Gasteiger partial charge in [0, 0.05) is 18.4 Å². The summed E-state index contributed by atoms with van der Waals surface area (Å²) in [7, 11) is 0. The van der Waals surface area contributed by atoms with Crippen molar-refractivity contribution in [3.05, 3.63) is 35.2 Å². The van der Waals surface area contributed by atoms with E-state index in [2.05, 4.69) is 5.10 Å². The molecule has 1 fully saturated rings. The monoisotopic (exact) mass is 366 g/mol. The highest BCUT2D eigenvalue weighted by atomic mass is 19.3. The van der Waals surface area contributed by atoms with E-state index in [1.165, 1.54) is 22.6 Å². The summed E-state index contributed by atoms with van der Waals surface area (Å²) in [4.78, 5) is 10.7. The summed E-state index contributed by atoms with van der Waals surface area (Å²) in [5.74, 6) is 0.628. The van der Waals surface area contributed by atoms with Crippen LogP contribution >= 0.6 is 0 Å². The Balaban J connectivity index is 0.000000232. The molecule has 0 bridgehead atoms. The third-order valence-electron chi connectivity index (χ3n) is 4.67. The minimum atomic E-state index is -2.48. The van der Waals surface area contributed by atoms with Crippen molar-refractivity contribution in [1.82, 2.24) is 9.61 Å². The van der Waals surface area contributed by atoms with Gasteiger partial charge in [-0.05, 0) is 51.7 Å². The summed E-state index contributed by atoms with van der Waals surface area (Å²) in [6.07, 6.45) is 1.85. The standard InChI is InChI=1S/C13H14F2N2.C7H14O2/c1-8-12(9-4-2-5-9)10-6-3-7-11(13(14)15)17(10)16-8;1-4-6(8)5-7(2,3)9/h3,6-7,9,13H,2,4-5H2,1H3;9H,4-5H2,1-3H3. The first kappa shape index (κ1) is 20.5. The number of halogens is 2. The highest BCUT2D eigenvalue weighted by Crippen LogP contribution is 2.40. The lowest BCUT2D eigenvalue weighted by molar-refractivity contribution is -0.122. The Bertz CT molecular complexity index is 759. The molecule has 0 unspecified atom stereocenters. The Labute approximate surface area is 153 Å². The second-order valence-corrected chi connectivity index (χ2v) is 7.56. The number of nitrogens with zero attached hydrogens (tertiary/aromatic N) is 2. The fraction of sp³-hybridized carbons (Fsp3) is 0.600. The predicted octanol–water partition coefficient (Wildman–Crippen LogP) is 4.97. The van der Waals surface area contributed by atoms with E-state index in [0.717, 1.165) is 24.1 Å². The average Bonchev–Trinajstić information content (AvgIpc) is 2.81. The number of hydrogen-bond acceptors (Lipinski definition) is 3. The molecule has 1 aliphatic carbocycles. The van der Waals surface area contributed by atoms with Crippen molar-refractivity contribution in [2.24, 2.45) is 0 Å². The molecule has 2 aromatic rings. The summed E-state index contributed by atoms with van der Waals surface area (Å²) in [5.41, 5.74) is 2.07. The van der Waals surface area contributed by atoms with Crippen molar-refractivity contribution in [3.8, 4) is 0 Å². The van der Waals surface area contributed by atoms with Crippen molar-refractivity contribution in [3.63, 3.8) is 0 Å². The van der Waals surface area contributed by atoms with Crippen molar-refractivity contribution in [2.75, 3.05) is 0 Å². The Morgan fingerprint density at radius 1 is 1.38 bits per heavy atom. The Morgan fingerprint density at radius 2 is 2.04 bits per heavy atom. The molecule has 2 aromatic heterocycles. The van der Waals surface area contributed by atoms with E-state index >= 15 is 0 Å². The second-order valence-electron chi connectivity index (χ2n) is 7.56. The van der Waals surface area contributed by atoms with Crippen LogP contribution in [0.15, 0.2) is 18.2 Å². The third-order valence-corrected chi connectivity index (χ3v) is 4.67. The molecule has 3 rings (SSSR count). The van der Waals surface area contributed by atoms with Gasteiger partial charge in [0.2, 0.25) is 0 Å². The quantitative estimate of drug-likeness (QED) is 0.812. The number of carbonyl (C=O) groups is 1. The van der Waals surface area contributed by atoms with E-state index in [9.17, 15) is 13.6 Å². The topological polar surface area (TPSA) is 54.6 Å². The number of aryl methyl sites for hydroxylation is 1. The van der Waals surface area contributed by atoms with Crippen molar-refractivity contribution in [2.45, 2.75) is 77.7 Å². The fourth-order valence-corrected chi connectivity index (χ4v) is 3.20. The molecular formula is C20H28F2N2O2. The third kappa shape index (κ3) is 4.87. The lowest BCUT2D eigenvalue weighted by Crippen LogP contribution is -2.22. The van der Waals surface area contributed by atoms with Gasteiger partial charge in [-0.2, -0.15) is 5.10 Å². The molecule has 2 heterocycles. The minimum Gasteiger partial charge on any atom is -0.390 e. The molecule has 6 heteroatoms. The van der Waals surface area contributed by atoms with Gasteiger partial charge in [0.25, 0.3) is 6.43 Å². The fourth-order valence-electron chi connectivity index (χ4n) is 3.20. The highest BCUT2D eigenvalue weighted by molar-refractivity contribution is 5.78. The molecule has 1 aliphatic rings. The van der Waals surface area contributed by atoms with E-state index < -0.39 is 12.0 Å². The number of Topliss-reactive ketones (excluding diaryl/α,β-unsaturated/α-hetero) is 1. The van der Waals surface area contributed by atoms with Gasteiger partial charge in [-0.3, -0.25) is 4.79 Å². The summed E-state index contributed by atoms with van der Waals surface area (Å²) in [6, 6.07) is 5.02. The van der Waals surface area contributed by atoms with E-state index in [1.807, 2.05) is 13.0 Å². The van der Waals surface area contributed by atoms with Gasteiger partial charge < -0.3 is 5.11 Å². The van der Waals surface area contributed by atoms with E-state index in [1.54, 1.807) is 26.8 Å². The number of pyridine rings is 1. The smallest absolute Gasteiger partial charge is 0.280 e.